The van der Waals surface area contributed by atoms with Crippen LogP contribution in [0.3, 0.4) is 0 Å². The lowest BCUT2D eigenvalue weighted by Crippen LogP contribution is -2.39. The Morgan fingerprint density at radius 2 is 1.31 bits per heavy atom. The van der Waals surface area contributed by atoms with Crippen LogP contribution in [0.25, 0.3) is 28.3 Å². The van der Waals surface area contributed by atoms with Crippen molar-refractivity contribution in [3.8, 4) is 22.3 Å². The standard InChI is InChI=1S/C22H16B2.C2H6/c1-3-6-14-13(2)9-10-17-18-12-11-16-15-7-4-5-8-19(15)23-21(16)22(18)24-20(14)17;1-2/h3-12H,1-2H3;1-2H3/b6-3-;. The predicted octanol–water partition coefficient (Wildman–Crippen LogP) is 3.33. The van der Waals surface area contributed by atoms with Gasteiger partial charge in [-0.2, -0.15) is 0 Å². The third-order valence-electron chi connectivity index (χ3n) is 5.26. The fraction of sp³-hybridized carbons (Fsp3) is 0.167. The van der Waals surface area contributed by atoms with Crippen molar-refractivity contribution >= 4 is 42.5 Å². The van der Waals surface area contributed by atoms with Crippen LogP contribution in [0.1, 0.15) is 31.9 Å². The Morgan fingerprint density at radius 3 is 2.08 bits per heavy atom. The van der Waals surface area contributed by atoms with Gasteiger partial charge in [-0.3, -0.25) is 0 Å². The molecular weight excluding hydrogens is 310 g/mol. The lowest BCUT2D eigenvalue weighted by molar-refractivity contribution is 1.46. The van der Waals surface area contributed by atoms with E-state index < -0.39 is 0 Å². The monoisotopic (exact) mass is 332 g/mol. The summed E-state index contributed by atoms with van der Waals surface area (Å²) in [5.41, 5.74) is 13.5. The maximum Gasteiger partial charge on any atom is 0.193 e. The van der Waals surface area contributed by atoms with E-state index in [9.17, 15) is 0 Å². The second-order valence-electron chi connectivity index (χ2n) is 6.62. The Labute approximate surface area is 158 Å². The summed E-state index contributed by atoms with van der Waals surface area (Å²) < 4.78 is 0. The molecule has 0 atom stereocenters. The Kier molecular flexibility index (Phi) is 4.36. The van der Waals surface area contributed by atoms with Gasteiger partial charge in [0.25, 0.3) is 0 Å². The summed E-state index contributed by atoms with van der Waals surface area (Å²) in [5.74, 6) is 0. The Bertz CT molecular complexity index is 1030. The highest BCUT2D eigenvalue weighted by atomic mass is 14.2. The zero-order valence-electron chi connectivity index (χ0n) is 15.9. The van der Waals surface area contributed by atoms with Gasteiger partial charge < -0.3 is 0 Å². The summed E-state index contributed by atoms with van der Waals surface area (Å²) in [4.78, 5) is 0. The zero-order valence-corrected chi connectivity index (χ0v) is 15.9. The minimum absolute atomic E-state index is 1.33. The van der Waals surface area contributed by atoms with E-state index in [0.29, 0.717) is 0 Å². The van der Waals surface area contributed by atoms with Crippen LogP contribution < -0.4 is 21.9 Å². The number of hydrogen-bond donors (Lipinski definition) is 0. The van der Waals surface area contributed by atoms with E-state index in [1.807, 2.05) is 13.8 Å². The molecule has 3 aromatic carbocycles. The number of hydrogen-bond acceptors (Lipinski definition) is 0. The molecule has 2 heterocycles. The maximum absolute atomic E-state index is 2.38. The van der Waals surface area contributed by atoms with Crippen LogP contribution in [-0.2, 0) is 0 Å². The summed E-state index contributed by atoms with van der Waals surface area (Å²) in [5, 5.41) is 0. The average molecular weight is 332 g/mol. The van der Waals surface area contributed by atoms with Gasteiger partial charge in [-0.15, -0.1) is 0 Å². The Hall–Kier alpha value is -2.47. The molecule has 0 saturated carbocycles. The van der Waals surface area contributed by atoms with Gasteiger partial charge in [0, 0.05) is 0 Å². The van der Waals surface area contributed by atoms with Crippen molar-refractivity contribution in [2.75, 3.05) is 0 Å². The Morgan fingerprint density at radius 1 is 0.692 bits per heavy atom. The molecule has 0 amide bonds. The molecule has 0 unspecified atom stereocenters. The molecule has 2 aliphatic heterocycles. The second-order valence-corrected chi connectivity index (χ2v) is 6.62. The summed E-state index contributed by atoms with van der Waals surface area (Å²) in [6.07, 6.45) is 4.36. The molecule has 0 aliphatic carbocycles. The number of benzene rings is 3. The molecule has 0 nitrogen and oxygen atoms in total. The lowest BCUT2D eigenvalue weighted by atomic mass is 9.56. The fourth-order valence-corrected chi connectivity index (χ4v) is 4.11. The van der Waals surface area contributed by atoms with Gasteiger partial charge in [-0.25, -0.2) is 0 Å². The first-order chi connectivity index (χ1) is 12.8. The van der Waals surface area contributed by atoms with Crippen LogP contribution in [0.4, 0.5) is 0 Å². The van der Waals surface area contributed by atoms with E-state index in [0.717, 1.165) is 0 Å². The summed E-state index contributed by atoms with van der Waals surface area (Å²) >= 11 is 0. The molecule has 124 valence electrons. The highest BCUT2D eigenvalue weighted by Gasteiger charge is 2.29. The van der Waals surface area contributed by atoms with Crippen molar-refractivity contribution in [2.24, 2.45) is 0 Å². The van der Waals surface area contributed by atoms with Gasteiger partial charge >= 0.3 is 0 Å². The third kappa shape index (κ3) is 2.40. The molecule has 2 radical (unpaired) electrons. The Balaban J connectivity index is 0.000000814. The highest BCUT2D eigenvalue weighted by molar-refractivity contribution is 6.85. The smallest absolute Gasteiger partial charge is 0.0871 e. The molecule has 2 heteroatoms. The predicted molar refractivity (Wildman–Crippen MR) is 118 cm³/mol. The number of allylic oxidation sites excluding steroid dienone is 1. The molecule has 5 rings (SSSR count). The van der Waals surface area contributed by atoms with Crippen molar-refractivity contribution < 1.29 is 0 Å². The van der Waals surface area contributed by atoms with E-state index in [1.54, 1.807) is 0 Å². The molecule has 2 aliphatic rings. The van der Waals surface area contributed by atoms with Crippen LogP contribution in [0, 0.1) is 6.92 Å². The molecule has 3 aromatic rings. The zero-order chi connectivity index (χ0) is 18.3. The van der Waals surface area contributed by atoms with E-state index in [4.69, 9.17) is 0 Å². The van der Waals surface area contributed by atoms with Crippen molar-refractivity contribution in [1.82, 2.24) is 0 Å². The molecule has 26 heavy (non-hydrogen) atoms. The molecule has 0 saturated heterocycles. The molecular formula is C24H22B2. The molecule has 0 spiro atoms. The van der Waals surface area contributed by atoms with Crippen LogP contribution in [0.15, 0.2) is 54.6 Å². The average Bonchev–Trinajstić information content (AvgIpc) is 3.24. The van der Waals surface area contributed by atoms with Crippen LogP contribution in [0.5, 0.6) is 0 Å². The molecule has 0 fully saturated rings. The summed E-state index contributed by atoms with van der Waals surface area (Å²) in [6, 6.07) is 17.8. The first-order valence-electron chi connectivity index (χ1n) is 9.50. The van der Waals surface area contributed by atoms with Crippen LogP contribution >= 0.6 is 0 Å². The van der Waals surface area contributed by atoms with E-state index in [1.165, 1.54) is 55.2 Å². The fourth-order valence-electron chi connectivity index (χ4n) is 4.11. The molecule has 0 bridgehead atoms. The van der Waals surface area contributed by atoms with Gasteiger partial charge in [0.15, 0.2) is 14.6 Å². The van der Waals surface area contributed by atoms with Crippen molar-refractivity contribution in [1.29, 1.82) is 0 Å². The van der Waals surface area contributed by atoms with Crippen LogP contribution in [-0.4, -0.2) is 14.6 Å². The first kappa shape index (κ1) is 17.0. The number of aryl methyl sites for hydroxylation is 1. The SMILES string of the molecule is C/C=C\c1c(C)ccc2c1[B]c1c-2ccc2c1[B]c1ccccc1-2.CC. The second kappa shape index (κ2) is 6.68. The van der Waals surface area contributed by atoms with Crippen molar-refractivity contribution in [3.05, 3.63) is 65.7 Å². The van der Waals surface area contributed by atoms with E-state index >= 15 is 0 Å². The normalized spacial score (nSPS) is 12.3. The molecule has 0 aromatic heterocycles. The van der Waals surface area contributed by atoms with Gasteiger partial charge in [-0.1, -0.05) is 96.4 Å². The largest absolute Gasteiger partial charge is 0.193 e. The van der Waals surface area contributed by atoms with Gasteiger partial charge in [0.1, 0.15) is 0 Å². The first-order valence-corrected chi connectivity index (χ1v) is 9.50. The van der Waals surface area contributed by atoms with Gasteiger partial charge in [0.2, 0.25) is 0 Å². The summed E-state index contributed by atoms with van der Waals surface area (Å²) in [6.45, 7) is 8.28. The van der Waals surface area contributed by atoms with Crippen molar-refractivity contribution in [3.63, 3.8) is 0 Å². The van der Waals surface area contributed by atoms with Crippen LogP contribution in [0.2, 0.25) is 0 Å². The summed E-state index contributed by atoms with van der Waals surface area (Å²) in [7, 11) is 4.72. The molecule has 0 N–H and O–H groups in total. The number of fused-ring (bicyclic) bond motifs is 7. The third-order valence-corrected chi connectivity index (χ3v) is 5.26. The van der Waals surface area contributed by atoms with Crippen molar-refractivity contribution in [2.45, 2.75) is 27.7 Å². The van der Waals surface area contributed by atoms with E-state index in [-0.39, 0.29) is 0 Å². The van der Waals surface area contributed by atoms with Gasteiger partial charge in [0.05, 0.1) is 0 Å². The van der Waals surface area contributed by atoms with Gasteiger partial charge in [-0.05, 0) is 47.2 Å². The van der Waals surface area contributed by atoms with E-state index in [2.05, 4.69) is 89.1 Å². The minimum Gasteiger partial charge on any atom is -0.0871 e. The quantitative estimate of drug-likeness (QED) is 0.413. The topological polar surface area (TPSA) is 0 Å². The minimum atomic E-state index is 1.33. The highest BCUT2D eigenvalue weighted by Crippen LogP contribution is 2.27. The number of rotatable bonds is 1. The maximum atomic E-state index is 2.38. The lowest BCUT2D eigenvalue weighted by Gasteiger charge is -2.09.